The minimum Gasteiger partial charge on any atom is -0.381 e. The first-order chi connectivity index (χ1) is 7.18. The zero-order valence-electron chi connectivity index (χ0n) is 8.01. The van der Waals surface area contributed by atoms with Crippen LogP contribution in [-0.4, -0.2) is 13.2 Å². The van der Waals surface area contributed by atoms with E-state index >= 15 is 0 Å². The van der Waals surface area contributed by atoms with Gasteiger partial charge in [-0.3, -0.25) is 0 Å². The van der Waals surface area contributed by atoms with Crippen molar-refractivity contribution in [2.45, 2.75) is 17.7 Å². The van der Waals surface area contributed by atoms with E-state index < -0.39 is 0 Å². The maximum absolute atomic E-state index is 6.13. The van der Waals surface area contributed by atoms with Crippen LogP contribution in [0.2, 0.25) is 8.67 Å². The topological polar surface area (TPSA) is 9.23 Å². The molecule has 0 radical (unpaired) electrons. The van der Waals surface area contributed by atoms with E-state index in [0.29, 0.717) is 10.7 Å². The number of ether oxygens (including phenoxy) is 1. The summed E-state index contributed by atoms with van der Waals surface area (Å²) in [4.78, 5) is 0.303. The molecule has 0 aliphatic carbocycles. The van der Waals surface area contributed by atoms with Crippen LogP contribution in [0.15, 0.2) is 6.07 Å². The lowest BCUT2D eigenvalue weighted by Crippen LogP contribution is -2.19. The van der Waals surface area contributed by atoms with Gasteiger partial charge in [-0.1, -0.05) is 39.1 Å². The van der Waals surface area contributed by atoms with Crippen LogP contribution in [-0.2, 0) is 4.74 Å². The van der Waals surface area contributed by atoms with Crippen molar-refractivity contribution < 1.29 is 4.74 Å². The van der Waals surface area contributed by atoms with Gasteiger partial charge >= 0.3 is 0 Å². The van der Waals surface area contributed by atoms with Crippen molar-refractivity contribution in [3.63, 3.8) is 0 Å². The van der Waals surface area contributed by atoms with E-state index in [4.69, 9.17) is 27.9 Å². The van der Waals surface area contributed by atoms with Crippen molar-refractivity contribution in [1.29, 1.82) is 0 Å². The first-order valence-corrected chi connectivity index (χ1v) is 7.34. The lowest BCUT2D eigenvalue weighted by atomic mass is 9.93. The van der Waals surface area contributed by atoms with Crippen LogP contribution >= 0.6 is 50.5 Å². The molecule has 2 rings (SSSR count). The van der Waals surface area contributed by atoms with Crippen molar-refractivity contribution in [3.05, 3.63) is 20.3 Å². The van der Waals surface area contributed by atoms with Gasteiger partial charge < -0.3 is 4.74 Å². The molecule has 2 heterocycles. The van der Waals surface area contributed by atoms with Crippen molar-refractivity contribution in [2.75, 3.05) is 13.2 Å². The Morgan fingerprint density at radius 2 is 2.07 bits per heavy atom. The third-order valence-corrected chi connectivity index (χ3v) is 5.42. The van der Waals surface area contributed by atoms with Gasteiger partial charge in [0.25, 0.3) is 0 Å². The van der Waals surface area contributed by atoms with E-state index in [1.54, 1.807) is 0 Å². The van der Waals surface area contributed by atoms with Crippen LogP contribution in [0.5, 0.6) is 0 Å². The van der Waals surface area contributed by atoms with E-state index in [0.717, 1.165) is 40.3 Å². The van der Waals surface area contributed by atoms with Crippen molar-refractivity contribution >= 4 is 50.5 Å². The molecule has 84 valence electrons. The minimum atomic E-state index is 0.303. The Morgan fingerprint density at radius 1 is 1.40 bits per heavy atom. The van der Waals surface area contributed by atoms with E-state index in [1.165, 1.54) is 11.3 Å². The second-order valence-electron chi connectivity index (χ2n) is 3.63. The summed E-state index contributed by atoms with van der Waals surface area (Å²) in [7, 11) is 0. The number of halogens is 3. The molecule has 1 fully saturated rings. The van der Waals surface area contributed by atoms with Gasteiger partial charge in [-0.2, -0.15) is 0 Å². The summed E-state index contributed by atoms with van der Waals surface area (Å²) in [5.74, 6) is 0.599. The van der Waals surface area contributed by atoms with Gasteiger partial charge in [-0.05, 0) is 30.4 Å². The van der Waals surface area contributed by atoms with Gasteiger partial charge in [-0.15, -0.1) is 11.3 Å². The summed E-state index contributed by atoms with van der Waals surface area (Å²) >= 11 is 17.2. The Balaban J connectivity index is 2.12. The van der Waals surface area contributed by atoms with Gasteiger partial charge in [0.2, 0.25) is 0 Å². The van der Waals surface area contributed by atoms with Gasteiger partial charge in [0.15, 0.2) is 0 Å². The second-order valence-corrected chi connectivity index (χ2v) is 6.90. The quantitative estimate of drug-likeness (QED) is 0.700. The molecule has 0 aromatic carbocycles. The van der Waals surface area contributed by atoms with Crippen LogP contribution in [0, 0.1) is 5.92 Å². The molecule has 1 aliphatic heterocycles. The second kappa shape index (κ2) is 5.37. The number of hydrogen-bond donors (Lipinski definition) is 0. The predicted molar refractivity (Wildman–Crippen MR) is 69.6 cm³/mol. The summed E-state index contributed by atoms with van der Waals surface area (Å²) in [5.41, 5.74) is 1.12. The predicted octanol–water partition coefficient (Wildman–Crippen LogP) is 4.92. The monoisotopic (exact) mass is 328 g/mol. The summed E-state index contributed by atoms with van der Waals surface area (Å²) in [5, 5.41) is 0. The molecular weight excluding hydrogens is 319 g/mol. The van der Waals surface area contributed by atoms with Crippen LogP contribution in [0.4, 0.5) is 0 Å². The number of hydrogen-bond acceptors (Lipinski definition) is 2. The number of rotatable bonds is 2. The molecule has 1 aromatic heterocycles. The lowest BCUT2D eigenvalue weighted by molar-refractivity contribution is 0.0662. The van der Waals surface area contributed by atoms with Crippen LogP contribution in [0.25, 0.3) is 0 Å². The highest BCUT2D eigenvalue weighted by atomic mass is 79.9. The molecule has 1 aromatic rings. The van der Waals surface area contributed by atoms with E-state index in [2.05, 4.69) is 15.9 Å². The van der Waals surface area contributed by atoms with Crippen molar-refractivity contribution in [3.8, 4) is 0 Å². The molecule has 1 unspecified atom stereocenters. The van der Waals surface area contributed by atoms with Crippen LogP contribution in [0.1, 0.15) is 23.2 Å². The summed E-state index contributed by atoms with van der Waals surface area (Å²) in [6, 6.07) is 1.96. The SMILES string of the molecule is Clc1cc(C(Br)C2CCOCC2)c(Cl)s1. The van der Waals surface area contributed by atoms with E-state index in [-0.39, 0.29) is 0 Å². The molecule has 0 amide bonds. The highest BCUT2D eigenvalue weighted by molar-refractivity contribution is 9.09. The third-order valence-electron chi connectivity index (χ3n) is 2.66. The molecule has 0 spiro atoms. The maximum atomic E-state index is 6.13. The number of thiophene rings is 1. The normalized spacial score (nSPS) is 20.5. The number of alkyl halides is 1. The molecule has 15 heavy (non-hydrogen) atoms. The Hall–Kier alpha value is 0.720. The molecule has 0 N–H and O–H groups in total. The fourth-order valence-corrected chi connectivity index (χ4v) is 4.53. The first-order valence-electron chi connectivity index (χ1n) is 4.85. The molecule has 1 nitrogen and oxygen atoms in total. The summed E-state index contributed by atoms with van der Waals surface area (Å²) in [6.07, 6.45) is 2.17. The Bertz CT molecular complexity index is 336. The fraction of sp³-hybridized carbons (Fsp3) is 0.600. The minimum absolute atomic E-state index is 0.303. The first kappa shape index (κ1) is 12.2. The van der Waals surface area contributed by atoms with Gasteiger partial charge in [-0.25, -0.2) is 0 Å². The Kier molecular flexibility index (Phi) is 4.36. The van der Waals surface area contributed by atoms with Gasteiger partial charge in [0.05, 0.1) is 8.67 Å². The lowest BCUT2D eigenvalue weighted by Gasteiger charge is -2.26. The highest BCUT2D eigenvalue weighted by Crippen LogP contribution is 2.44. The van der Waals surface area contributed by atoms with Gasteiger partial charge in [0.1, 0.15) is 0 Å². The molecule has 1 saturated heterocycles. The molecular formula is C10H11BrCl2OS. The highest BCUT2D eigenvalue weighted by Gasteiger charge is 2.25. The zero-order valence-corrected chi connectivity index (χ0v) is 11.9. The largest absolute Gasteiger partial charge is 0.381 e. The van der Waals surface area contributed by atoms with E-state index in [9.17, 15) is 0 Å². The molecule has 5 heteroatoms. The average Bonchev–Trinajstić information content (AvgIpc) is 2.58. The van der Waals surface area contributed by atoms with Crippen LogP contribution in [0.3, 0.4) is 0 Å². The standard InChI is InChI=1S/C10H11BrCl2OS/c11-9(6-1-3-14-4-2-6)7-5-8(12)15-10(7)13/h5-6,9H,1-4H2. The molecule has 1 aliphatic rings. The molecule has 0 saturated carbocycles. The summed E-state index contributed by atoms with van der Waals surface area (Å²) in [6.45, 7) is 1.70. The fourth-order valence-electron chi connectivity index (χ4n) is 1.80. The zero-order chi connectivity index (χ0) is 10.8. The summed E-state index contributed by atoms with van der Waals surface area (Å²) < 4.78 is 6.90. The van der Waals surface area contributed by atoms with Gasteiger partial charge in [0, 0.05) is 18.0 Å². The van der Waals surface area contributed by atoms with Crippen molar-refractivity contribution in [2.24, 2.45) is 5.92 Å². The third kappa shape index (κ3) is 2.89. The Morgan fingerprint density at radius 3 is 2.60 bits per heavy atom. The van der Waals surface area contributed by atoms with E-state index in [1.807, 2.05) is 6.07 Å². The van der Waals surface area contributed by atoms with Crippen molar-refractivity contribution in [1.82, 2.24) is 0 Å². The molecule has 1 atom stereocenters. The maximum Gasteiger partial charge on any atom is 0.0987 e. The smallest absolute Gasteiger partial charge is 0.0987 e. The average molecular weight is 330 g/mol. The Labute approximate surface area is 112 Å². The molecule has 0 bridgehead atoms. The van der Waals surface area contributed by atoms with Crippen LogP contribution < -0.4 is 0 Å².